The fourth-order valence-electron chi connectivity index (χ4n) is 3.28. The van der Waals surface area contributed by atoms with Gasteiger partial charge in [-0.05, 0) is 24.3 Å². The molecule has 2 aromatic rings. The predicted molar refractivity (Wildman–Crippen MR) is 126 cm³/mol. The molecule has 3 unspecified atom stereocenters. The number of hydrogen-bond acceptors (Lipinski definition) is 7. The number of nitrogens with one attached hydrogen (secondary N) is 3. The molecule has 2 aliphatic heterocycles. The summed E-state index contributed by atoms with van der Waals surface area (Å²) >= 11 is 8.20. The van der Waals surface area contributed by atoms with Gasteiger partial charge in [-0.15, -0.1) is 11.8 Å². The maximum absolute atomic E-state index is 12.6. The van der Waals surface area contributed by atoms with E-state index in [1.54, 1.807) is 19.2 Å². The number of methoxy groups -OCH3 is 1. The van der Waals surface area contributed by atoms with Crippen LogP contribution < -0.4 is 25.6 Å². The molecule has 156 valence electrons. The minimum absolute atomic E-state index is 0.0906. The second kappa shape index (κ2) is 9.25. The summed E-state index contributed by atoms with van der Waals surface area (Å²) in [7, 11) is 1.56. The molecule has 7 nitrogen and oxygen atoms in total. The third kappa shape index (κ3) is 4.41. The topological polar surface area (TPSA) is 82.7 Å². The van der Waals surface area contributed by atoms with E-state index in [9.17, 15) is 9.59 Å². The van der Waals surface area contributed by atoms with E-state index in [0.717, 1.165) is 5.69 Å². The van der Waals surface area contributed by atoms with Gasteiger partial charge in [0.1, 0.15) is 27.0 Å². The average Bonchev–Trinajstić information content (AvgIpc) is 3.10. The van der Waals surface area contributed by atoms with Crippen LogP contribution in [0.4, 0.5) is 11.4 Å². The Bertz CT molecular complexity index is 959. The van der Waals surface area contributed by atoms with Crippen LogP contribution in [0.15, 0.2) is 54.6 Å². The summed E-state index contributed by atoms with van der Waals surface area (Å²) in [5.74, 6) is 0.486. The molecule has 10 heteroatoms. The van der Waals surface area contributed by atoms with Crippen molar-refractivity contribution in [3.05, 3.63) is 54.6 Å². The van der Waals surface area contributed by atoms with E-state index in [0.29, 0.717) is 15.8 Å². The number of para-hydroxylation sites is 3. The van der Waals surface area contributed by atoms with Crippen LogP contribution in [0.3, 0.4) is 0 Å². The van der Waals surface area contributed by atoms with Crippen LogP contribution in [0.1, 0.15) is 0 Å². The molecule has 0 spiro atoms. The number of nitrogens with zero attached hydrogens (tertiary/aromatic N) is 1. The first-order valence-electron chi connectivity index (χ1n) is 9.22. The standard InChI is InChI=1S/C20H20N4O3S3/c1-27-14-10-6-5-9-13(14)21-15(25)11-29-19-22-17-16(18(26)23-19)30-20(28)24(17)12-7-3-2-4-8-12/h2-10,16-17,19,22H,11H2,1H3,(H,21,25)(H,23,26). The minimum atomic E-state index is -0.408. The van der Waals surface area contributed by atoms with Crippen LogP contribution in [0.25, 0.3) is 0 Å². The fourth-order valence-corrected chi connectivity index (χ4v) is 5.69. The Morgan fingerprint density at radius 1 is 1.23 bits per heavy atom. The van der Waals surface area contributed by atoms with Gasteiger partial charge in [0.2, 0.25) is 11.8 Å². The van der Waals surface area contributed by atoms with Gasteiger partial charge in [0.05, 0.1) is 18.6 Å². The van der Waals surface area contributed by atoms with Crippen LogP contribution in [0, 0.1) is 0 Å². The van der Waals surface area contributed by atoms with E-state index in [1.165, 1.54) is 23.5 Å². The van der Waals surface area contributed by atoms with E-state index in [1.807, 2.05) is 47.4 Å². The third-order valence-electron chi connectivity index (χ3n) is 4.64. The van der Waals surface area contributed by atoms with Crippen molar-refractivity contribution in [2.75, 3.05) is 23.1 Å². The number of thiocarbonyl (C=S) groups is 1. The average molecular weight is 461 g/mol. The van der Waals surface area contributed by atoms with E-state index in [-0.39, 0.29) is 29.0 Å². The zero-order valence-electron chi connectivity index (χ0n) is 16.0. The minimum Gasteiger partial charge on any atom is -0.495 e. The van der Waals surface area contributed by atoms with Crippen LogP contribution in [-0.4, -0.2) is 45.9 Å². The van der Waals surface area contributed by atoms with Crippen molar-refractivity contribution in [1.82, 2.24) is 10.6 Å². The Labute approximate surface area is 188 Å². The van der Waals surface area contributed by atoms with Crippen molar-refractivity contribution in [3.63, 3.8) is 0 Å². The second-order valence-corrected chi connectivity index (χ2v) is 9.44. The largest absolute Gasteiger partial charge is 0.495 e. The molecule has 0 aromatic heterocycles. The molecular weight excluding hydrogens is 440 g/mol. The van der Waals surface area contributed by atoms with Crippen molar-refractivity contribution in [1.29, 1.82) is 0 Å². The summed E-state index contributed by atoms with van der Waals surface area (Å²) in [5, 5.41) is 8.84. The van der Waals surface area contributed by atoms with Gasteiger partial charge < -0.3 is 20.3 Å². The highest BCUT2D eigenvalue weighted by molar-refractivity contribution is 8.24. The van der Waals surface area contributed by atoms with E-state index in [4.69, 9.17) is 17.0 Å². The van der Waals surface area contributed by atoms with Gasteiger partial charge in [-0.25, -0.2) is 0 Å². The molecule has 2 fully saturated rings. The van der Waals surface area contributed by atoms with Crippen LogP contribution in [-0.2, 0) is 9.59 Å². The van der Waals surface area contributed by atoms with Crippen LogP contribution in [0.2, 0.25) is 0 Å². The lowest BCUT2D eigenvalue weighted by molar-refractivity contribution is -0.122. The number of thioether (sulfide) groups is 2. The molecule has 0 aliphatic carbocycles. The molecule has 0 radical (unpaired) electrons. The molecular formula is C20H20N4O3S3. The maximum atomic E-state index is 12.6. The van der Waals surface area contributed by atoms with Crippen molar-refractivity contribution < 1.29 is 14.3 Å². The Morgan fingerprint density at radius 3 is 2.73 bits per heavy atom. The SMILES string of the molecule is COc1ccccc1NC(=O)CSC1NC(=O)C2SC(=S)N(c3ccccc3)C2N1. The highest BCUT2D eigenvalue weighted by Crippen LogP contribution is 2.37. The number of carbonyl (C=O) groups is 2. The summed E-state index contributed by atoms with van der Waals surface area (Å²) in [5.41, 5.74) is 1.14. The van der Waals surface area contributed by atoms with Crippen molar-refractivity contribution >= 4 is 63.3 Å². The third-order valence-corrected chi connectivity index (χ3v) is 7.27. The highest BCUT2D eigenvalue weighted by Gasteiger charge is 2.47. The molecule has 0 saturated carbocycles. The molecule has 2 saturated heterocycles. The van der Waals surface area contributed by atoms with Crippen molar-refractivity contribution in [2.24, 2.45) is 0 Å². The molecule has 2 aromatic carbocycles. The van der Waals surface area contributed by atoms with Gasteiger partial charge in [0.25, 0.3) is 0 Å². The van der Waals surface area contributed by atoms with Gasteiger partial charge in [-0.3, -0.25) is 14.9 Å². The normalized spacial score (nSPS) is 23.0. The molecule has 2 aliphatic rings. The van der Waals surface area contributed by atoms with Gasteiger partial charge in [0.15, 0.2) is 0 Å². The summed E-state index contributed by atoms with van der Waals surface area (Å²) in [4.78, 5) is 27.0. The molecule has 30 heavy (non-hydrogen) atoms. The fraction of sp³-hybridized carbons (Fsp3) is 0.250. The van der Waals surface area contributed by atoms with Gasteiger partial charge in [-0.1, -0.05) is 54.3 Å². The maximum Gasteiger partial charge on any atom is 0.238 e. The number of carbonyl (C=O) groups excluding carboxylic acids is 2. The van der Waals surface area contributed by atoms with Gasteiger partial charge >= 0.3 is 0 Å². The van der Waals surface area contributed by atoms with E-state index >= 15 is 0 Å². The lowest BCUT2D eigenvalue weighted by Gasteiger charge is -2.36. The van der Waals surface area contributed by atoms with Crippen LogP contribution >= 0.6 is 35.7 Å². The van der Waals surface area contributed by atoms with Gasteiger partial charge in [-0.2, -0.15) is 0 Å². The zero-order chi connectivity index (χ0) is 21.1. The summed E-state index contributed by atoms with van der Waals surface area (Å²) in [6.45, 7) is 0. The summed E-state index contributed by atoms with van der Waals surface area (Å²) < 4.78 is 5.91. The Balaban J connectivity index is 1.39. The smallest absolute Gasteiger partial charge is 0.238 e. The number of amides is 2. The summed E-state index contributed by atoms with van der Waals surface area (Å²) in [6, 6.07) is 17.0. The Morgan fingerprint density at radius 2 is 1.97 bits per heavy atom. The number of ether oxygens (including phenoxy) is 1. The van der Waals surface area contributed by atoms with Crippen LogP contribution in [0.5, 0.6) is 5.75 Å². The van der Waals surface area contributed by atoms with E-state index in [2.05, 4.69) is 16.0 Å². The molecule has 3 atom stereocenters. The lowest BCUT2D eigenvalue weighted by atomic mass is 10.2. The van der Waals surface area contributed by atoms with E-state index < -0.39 is 5.50 Å². The number of rotatable bonds is 6. The number of fused-ring (bicyclic) bond motifs is 1. The quantitative estimate of drug-likeness (QED) is 0.568. The first-order chi connectivity index (χ1) is 14.6. The lowest BCUT2D eigenvalue weighted by Crippen LogP contribution is -2.64. The molecule has 0 bridgehead atoms. The number of anilines is 2. The Hall–Kier alpha value is -2.27. The number of benzene rings is 2. The molecule has 3 N–H and O–H groups in total. The first-order valence-corrected chi connectivity index (χ1v) is 11.6. The summed E-state index contributed by atoms with van der Waals surface area (Å²) in [6.07, 6.45) is -0.270. The molecule has 4 rings (SSSR count). The monoisotopic (exact) mass is 460 g/mol. The van der Waals surface area contributed by atoms with Crippen molar-refractivity contribution in [3.8, 4) is 5.75 Å². The van der Waals surface area contributed by atoms with Gasteiger partial charge in [0, 0.05) is 5.69 Å². The second-order valence-electron chi connectivity index (χ2n) is 6.57. The Kier molecular flexibility index (Phi) is 6.47. The molecule has 2 heterocycles. The van der Waals surface area contributed by atoms with Crippen molar-refractivity contribution in [2.45, 2.75) is 16.9 Å². The molecule has 2 amide bonds. The number of hydrogen-bond donors (Lipinski definition) is 3. The first kappa shape index (κ1) is 21.0. The highest BCUT2D eigenvalue weighted by atomic mass is 32.2. The zero-order valence-corrected chi connectivity index (χ0v) is 18.5. The predicted octanol–water partition coefficient (Wildman–Crippen LogP) is 2.60.